The number of fused-ring (bicyclic) bond motifs is 4. The standard InChI is InChI=1S/C22H26N4O3S/c1-13-21(28)16(15-5-3-4-6-19(15)29-2)9-10-25(13)12-20(27)26-14-7-8-18(26)22-17(11-14)23-24-30-22/h3-6,13-14,16,18H,7-12H2,1-2H3/t13-,14-,16+,18-/m0/s1. The molecule has 0 aliphatic carbocycles. The lowest BCUT2D eigenvalue weighted by Gasteiger charge is -2.39. The number of ether oxygens (including phenoxy) is 1. The smallest absolute Gasteiger partial charge is 0.237 e. The van der Waals surface area contributed by atoms with E-state index < -0.39 is 0 Å². The largest absolute Gasteiger partial charge is 0.496 e. The summed E-state index contributed by atoms with van der Waals surface area (Å²) in [6.07, 6.45) is 3.51. The maximum absolute atomic E-state index is 13.3. The highest BCUT2D eigenvalue weighted by molar-refractivity contribution is 7.05. The first kappa shape index (κ1) is 19.6. The molecule has 8 heteroatoms. The number of carbonyl (C=O) groups is 2. The Balaban J connectivity index is 1.29. The Labute approximate surface area is 180 Å². The van der Waals surface area contributed by atoms with E-state index in [0.29, 0.717) is 13.0 Å². The van der Waals surface area contributed by atoms with Crippen molar-refractivity contribution in [3.63, 3.8) is 0 Å². The summed E-state index contributed by atoms with van der Waals surface area (Å²) in [6.45, 7) is 2.94. The zero-order valence-electron chi connectivity index (χ0n) is 17.3. The number of rotatable bonds is 4. The fourth-order valence-electron chi connectivity index (χ4n) is 5.39. The summed E-state index contributed by atoms with van der Waals surface area (Å²) in [5.41, 5.74) is 2.01. The van der Waals surface area contributed by atoms with Crippen LogP contribution >= 0.6 is 11.5 Å². The van der Waals surface area contributed by atoms with Gasteiger partial charge in [0, 0.05) is 30.5 Å². The van der Waals surface area contributed by atoms with Crippen molar-refractivity contribution in [3.05, 3.63) is 40.4 Å². The number of benzene rings is 1. The van der Waals surface area contributed by atoms with Crippen molar-refractivity contribution < 1.29 is 14.3 Å². The van der Waals surface area contributed by atoms with Crippen LogP contribution in [0.1, 0.15) is 54.3 Å². The summed E-state index contributed by atoms with van der Waals surface area (Å²) in [7, 11) is 1.64. The van der Waals surface area contributed by atoms with Crippen LogP contribution in [0, 0.1) is 0 Å². The molecule has 2 saturated heterocycles. The molecule has 1 aromatic heterocycles. The lowest BCUT2D eigenvalue weighted by atomic mass is 9.84. The van der Waals surface area contributed by atoms with Gasteiger partial charge in [0.2, 0.25) is 5.91 Å². The van der Waals surface area contributed by atoms with E-state index in [4.69, 9.17) is 4.74 Å². The molecule has 0 spiro atoms. The molecule has 4 heterocycles. The fraction of sp³-hybridized carbons (Fsp3) is 0.545. The predicted octanol–water partition coefficient (Wildman–Crippen LogP) is 2.58. The minimum atomic E-state index is -0.291. The molecular formula is C22H26N4O3S. The van der Waals surface area contributed by atoms with E-state index in [2.05, 4.69) is 9.59 Å². The number of carbonyl (C=O) groups excluding carboxylic acids is 2. The maximum atomic E-state index is 13.3. The number of para-hydroxylation sites is 1. The Morgan fingerprint density at radius 2 is 2.10 bits per heavy atom. The van der Waals surface area contributed by atoms with Gasteiger partial charge >= 0.3 is 0 Å². The molecule has 1 amide bonds. The second kappa shape index (κ2) is 7.74. The number of hydrogen-bond donors (Lipinski definition) is 0. The Morgan fingerprint density at radius 1 is 1.27 bits per heavy atom. The maximum Gasteiger partial charge on any atom is 0.237 e. The van der Waals surface area contributed by atoms with Gasteiger partial charge in [0.05, 0.1) is 36.3 Å². The van der Waals surface area contributed by atoms with Crippen LogP contribution in [-0.2, 0) is 16.0 Å². The Bertz CT molecular complexity index is 977. The number of nitrogens with zero attached hydrogens (tertiary/aromatic N) is 4. The first-order valence-corrected chi connectivity index (χ1v) is 11.4. The van der Waals surface area contributed by atoms with Crippen LogP contribution in [0.5, 0.6) is 5.75 Å². The van der Waals surface area contributed by atoms with Crippen LogP contribution in [0.25, 0.3) is 0 Å². The summed E-state index contributed by atoms with van der Waals surface area (Å²) < 4.78 is 9.56. The third-order valence-corrected chi connectivity index (χ3v) is 7.84. The number of Topliss-reactive ketones (excluding diaryl/α,β-unsaturated/α-hetero) is 1. The second-order valence-corrected chi connectivity index (χ2v) is 9.25. The molecule has 1 aromatic carbocycles. The van der Waals surface area contributed by atoms with Crippen LogP contribution in [0.2, 0.25) is 0 Å². The summed E-state index contributed by atoms with van der Waals surface area (Å²) in [6, 6.07) is 7.78. The molecule has 2 bridgehead atoms. The van der Waals surface area contributed by atoms with Gasteiger partial charge < -0.3 is 9.64 Å². The molecule has 2 fully saturated rings. The van der Waals surface area contributed by atoms with Crippen molar-refractivity contribution >= 4 is 23.2 Å². The average Bonchev–Trinajstić information content (AvgIpc) is 3.36. The van der Waals surface area contributed by atoms with Crippen molar-refractivity contribution in [2.75, 3.05) is 20.2 Å². The number of likely N-dealkylation sites (tertiary alicyclic amines) is 1. The van der Waals surface area contributed by atoms with Gasteiger partial charge in [-0.1, -0.05) is 22.7 Å². The molecule has 3 aliphatic heterocycles. The monoisotopic (exact) mass is 426 g/mol. The van der Waals surface area contributed by atoms with E-state index in [1.165, 1.54) is 11.5 Å². The molecule has 0 N–H and O–H groups in total. The zero-order chi connectivity index (χ0) is 20.8. The average molecular weight is 427 g/mol. The number of piperidine rings is 1. The van der Waals surface area contributed by atoms with Gasteiger partial charge in [0.15, 0.2) is 5.78 Å². The normalized spacial score (nSPS) is 28.5. The van der Waals surface area contributed by atoms with Crippen molar-refractivity contribution in [3.8, 4) is 5.75 Å². The number of aromatic nitrogens is 2. The molecule has 3 aliphatic rings. The highest BCUT2D eigenvalue weighted by Crippen LogP contribution is 2.44. The van der Waals surface area contributed by atoms with E-state index >= 15 is 0 Å². The molecule has 0 radical (unpaired) electrons. The lowest BCUT2D eigenvalue weighted by Crippen LogP contribution is -2.53. The first-order valence-electron chi connectivity index (χ1n) is 10.6. The van der Waals surface area contributed by atoms with E-state index in [0.717, 1.165) is 47.7 Å². The minimum absolute atomic E-state index is 0.114. The van der Waals surface area contributed by atoms with E-state index in [1.807, 2.05) is 41.0 Å². The molecule has 5 rings (SSSR count). The van der Waals surface area contributed by atoms with Gasteiger partial charge in [-0.15, -0.1) is 5.10 Å². The third-order valence-electron chi connectivity index (χ3n) is 6.97. The minimum Gasteiger partial charge on any atom is -0.496 e. The molecule has 2 aromatic rings. The quantitative estimate of drug-likeness (QED) is 0.748. The van der Waals surface area contributed by atoms with Crippen LogP contribution in [0.15, 0.2) is 24.3 Å². The van der Waals surface area contributed by atoms with Crippen molar-refractivity contribution in [1.29, 1.82) is 0 Å². The van der Waals surface area contributed by atoms with Gasteiger partial charge in [-0.2, -0.15) is 0 Å². The topological polar surface area (TPSA) is 75.6 Å². The number of amides is 1. The predicted molar refractivity (Wildman–Crippen MR) is 113 cm³/mol. The summed E-state index contributed by atoms with van der Waals surface area (Å²) >= 11 is 1.42. The molecule has 7 nitrogen and oxygen atoms in total. The Morgan fingerprint density at radius 3 is 2.93 bits per heavy atom. The van der Waals surface area contributed by atoms with Crippen LogP contribution in [-0.4, -0.2) is 63.4 Å². The summed E-state index contributed by atoms with van der Waals surface area (Å²) in [4.78, 5) is 31.7. The van der Waals surface area contributed by atoms with Gasteiger partial charge in [0.25, 0.3) is 0 Å². The van der Waals surface area contributed by atoms with Crippen LogP contribution in [0.3, 0.4) is 0 Å². The molecule has 30 heavy (non-hydrogen) atoms. The molecule has 158 valence electrons. The Kier molecular flexibility index (Phi) is 5.06. The number of hydrogen-bond acceptors (Lipinski definition) is 7. The number of ketones is 1. The van der Waals surface area contributed by atoms with Crippen LogP contribution in [0.4, 0.5) is 0 Å². The van der Waals surface area contributed by atoms with Crippen molar-refractivity contribution in [1.82, 2.24) is 19.4 Å². The van der Waals surface area contributed by atoms with Gasteiger partial charge in [-0.25, -0.2) is 0 Å². The van der Waals surface area contributed by atoms with Crippen molar-refractivity contribution in [2.24, 2.45) is 0 Å². The second-order valence-electron chi connectivity index (χ2n) is 8.47. The molecule has 0 unspecified atom stereocenters. The van der Waals surface area contributed by atoms with E-state index in [1.54, 1.807) is 7.11 Å². The summed E-state index contributed by atoms with van der Waals surface area (Å²) in [5.74, 6) is 0.858. The third kappa shape index (κ3) is 3.13. The van der Waals surface area contributed by atoms with E-state index in [9.17, 15) is 9.59 Å². The van der Waals surface area contributed by atoms with Gasteiger partial charge in [-0.05, 0) is 43.8 Å². The molecule has 4 atom stereocenters. The highest BCUT2D eigenvalue weighted by atomic mass is 32.1. The first-order chi connectivity index (χ1) is 14.6. The molecule has 0 saturated carbocycles. The lowest BCUT2D eigenvalue weighted by molar-refractivity contribution is -0.138. The van der Waals surface area contributed by atoms with Gasteiger partial charge in [-0.3, -0.25) is 14.5 Å². The summed E-state index contributed by atoms with van der Waals surface area (Å²) in [5, 5.41) is 4.25. The Hall–Kier alpha value is -2.32. The van der Waals surface area contributed by atoms with Gasteiger partial charge in [0.1, 0.15) is 5.75 Å². The SMILES string of the molecule is COc1ccccc1[C@H]1CCN(CC(=O)N2[C@H]3CC[C@H]2c2snnc2C3)[C@@H](C)C1=O. The fourth-order valence-corrected chi connectivity index (χ4v) is 6.20. The number of methoxy groups -OCH3 is 1. The van der Waals surface area contributed by atoms with Crippen LogP contribution < -0.4 is 4.74 Å². The molecular weight excluding hydrogens is 400 g/mol. The highest BCUT2D eigenvalue weighted by Gasteiger charge is 2.45. The zero-order valence-corrected chi connectivity index (χ0v) is 18.1. The van der Waals surface area contributed by atoms with E-state index in [-0.39, 0.29) is 35.7 Å². The van der Waals surface area contributed by atoms with Crippen molar-refractivity contribution in [2.45, 2.75) is 56.7 Å².